The molecule has 186 valence electrons. The van der Waals surface area contributed by atoms with Gasteiger partial charge >= 0.3 is 0 Å². The van der Waals surface area contributed by atoms with Gasteiger partial charge in [-0.2, -0.15) is 0 Å². The van der Waals surface area contributed by atoms with Gasteiger partial charge in [-0.3, -0.25) is 9.59 Å². The number of aryl methyl sites for hydroxylation is 1. The Kier molecular flexibility index (Phi) is 9.24. The molecule has 1 heterocycles. The molecule has 1 aromatic heterocycles. The Morgan fingerprint density at radius 3 is 2.40 bits per heavy atom. The normalized spacial score (nSPS) is 11.8. The predicted octanol–water partition coefficient (Wildman–Crippen LogP) is 5.66. The zero-order chi connectivity index (χ0) is 25.4. The van der Waals surface area contributed by atoms with Crippen LogP contribution >= 0.6 is 0 Å². The van der Waals surface area contributed by atoms with Gasteiger partial charge in [0, 0.05) is 31.0 Å². The zero-order valence-electron chi connectivity index (χ0n) is 21.2. The second-order valence-corrected chi connectivity index (χ2v) is 9.04. The Hall–Kier alpha value is -3.41. The number of halogens is 1. The van der Waals surface area contributed by atoms with Crippen molar-refractivity contribution in [2.24, 2.45) is 0 Å². The van der Waals surface area contributed by atoms with Crippen molar-refractivity contribution < 1.29 is 14.0 Å². The van der Waals surface area contributed by atoms with Crippen molar-refractivity contribution in [2.75, 3.05) is 13.1 Å². The molecule has 0 aliphatic heterocycles. The fourth-order valence-corrected chi connectivity index (χ4v) is 4.18. The van der Waals surface area contributed by atoms with Gasteiger partial charge < -0.3 is 14.4 Å². The molecule has 5 nitrogen and oxygen atoms in total. The van der Waals surface area contributed by atoms with Gasteiger partial charge in [-0.05, 0) is 62.1 Å². The maximum absolute atomic E-state index is 14.3. The smallest absolute Gasteiger partial charge is 0.257 e. The highest BCUT2D eigenvalue weighted by atomic mass is 19.1. The highest BCUT2D eigenvalue weighted by molar-refractivity contribution is 5.96. The zero-order valence-corrected chi connectivity index (χ0v) is 21.2. The molecule has 35 heavy (non-hydrogen) atoms. The monoisotopic (exact) mass is 477 g/mol. The maximum Gasteiger partial charge on any atom is 0.257 e. The summed E-state index contributed by atoms with van der Waals surface area (Å²) in [6.07, 6.45) is 3.50. The van der Waals surface area contributed by atoms with Crippen LogP contribution in [0.2, 0.25) is 0 Å². The van der Waals surface area contributed by atoms with E-state index in [0.717, 1.165) is 18.7 Å². The molecule has 0 saturated carbocycles. The number of amides is 2. The quantitative estimate of drug-likeness (QED) is 0.358. The van der Waals surface area contributed by atoms with E-state index in [1.165, 1.54) is 28.2 Å². The van der Waals surface area contributed by atoms with Crippen LogP contribution in [0.3, 0.4) is 0 Å². The summed E-state index contributed by atoms with van der Waals surface area (Å²) in [5.41, 5.74) is 3.49. The average Bonchev–Trinajstić information content (AvgIpc) is 3.29. The van der Waals surface area contributed by atoms with Crippen molar-refractivity contribution in [1.82, 2.24) is 14.4 Å². The molecule has 1 unspecified atom stereocenters. The number of aromatic nitrogens is 1. The summed E-state index contributed by atoms with van der Waals surface area (Å²) < 4.78 is 16.4. The minimum absolute atomic E-state index is 0.00338. The first-order valence-corrected chi connectivity index (χ1v) is 12.4. The summed E-state index contributed by atoms with van der Waals surface area (Å²) >= 11 is 0. The molecule has 0 N–H and O–H groups in total. The lowest BCUT2D eigenvalue weighted by Gasteiger charge is -2.32. The molecule has 0 aliphatic carbocycles. The Bertz CT molecular complexity index is 1140. The summed E-state index contributed by atoms with van der Waals surface area (Å²) in [7, 11) is 0. The molecule has 0 fully saturated rings. The van der Waals surface area contributed by atoms with Crippen LogP contribution in [0.25, 0.3) is 0 Å². The number of rotatable bonds is 11. The molecule has 0 bridgehead atoms. The first-order chi connectivity index (χ1) is 16.8. The average molecular weight is 478 g/mol. The summed E-state index contributed by atoms with van der Waals surface area (Å²) in [5.74, 6) is -1.16. The second kappa shape index (κ2) is 12.3. The number of carbonyl (C=O) groups is 2. The molecule has 0 aliphatic rings. The van der Waals surface area contributed by atoms with E-state index in [4.69, 9.17) is 0 Å². The molecule has 3 aromatic rings. The van der Waals surface area contributed by atoms with Crippen molar-refractivity contribution in [1.29, 1.82) is 0 Å². The number of benzene rings is 2. The van der Waals surface area contributed by atoms with Crippen molar-refractivity contribution in [3.63, 3.8) is 0 Å². The van der Waals surface area contributed by atoms with E-state index >= 15 is 0 Å². The topological polar surface area (TPSA) is 45.6 Å². The van der Waals surface area contributed by atoms with Crippen LogP contribution in [0.15, 0.2) is 66.9 Å². The van der Waals surface area contributed by atoms with Gasteiger partial charge in [0.15, 0.2) is 0 Å². The third-order valence-electron chi connectivity index (χ3n) is 6.51. The lowest BCUT2D eigenvalue weighted by atomic mass is 10.1. The highest BCUT2D eigenvalue weighted by Crippen LogP contribution is 2.17. The standard InChI is InChI=1S/C29H36FN3O2/c1-5-17-32(29(35)26-15-9-10-16-27(26)30)21-28(34)33(23(4)6-2)20-25-14-11-18-31(25)19-24-13-8-7-12-22(24)3/h7-16,18,23H,5-6,17,19-21H2,1-4H3. The van der Waals surface area contributed by atoms with Crippen LogP contribution in [0.4, 0.5) is 4.39 Å². The van der Waals surface area contributed by atoms with Gasteiger partial charge in [0.1, 0.15) is 12.4 Å². The fourth-order valence-electron chi connectivity index (χ4n) is 4.18. The molecular formula is C29H36FN3O2. The van der Waals surface area contributed by atoms with E-state index in [1.54, 1.807) is 12.1 Å². The molecule has 3 rings (SSSR count). The predicted molar refractivity (Wildman–Crippen MR) is 138 cm³/mol. The van der Waals surface area contributed by atoms with E-state index in [9.17, 15) is 14.0 Å². The molecule has 6 heteroatoms. The highest BCUT2D eigenvalue weighted by Gasteiger charge is 2.26. The number of carbonyl (C=O) groups excluding carboxylic acids is 2. The van der Waals surface area contributed by atoms with E-state index < -0.39 is 11.7 Å². The third-order valence-corrected chi connectivity index (χ3v) is 6.51. The fraction of sp³-hybridized carbons (Fsp3) is 0.379. The van der Waals surface area contributed by atoms with E-state index in [2.05, 4.69) is 23.6 Å². The van der Waals surface area contributed by atoms with Crippen molar-refractivity contribution in [2.45, 2.75) is 59.7 Å². The molecule has 1 atom stereocenters. The number of nitrogens with zero attached hydrogens (tertiary/aromatic N) is 3. The first kappa shape index (κ1) is 26.2. The van der Waals surface area contributed by atoms with E-state index in [0.29, 0.717) is 19.5 Å². The minimum Gasteiger partial charge on any atom is -0.345 e. The van der Waals surface area contributed by atoms with Crippen LogP contribution in [0.1, 0.15) is 60.8 Å². The van der Waals surface area contributed by atoms with E-state index in [1.807, 2.05) is 56.1 Å². The van der Waals surface area contributed by atoms with Crippen LogP contribution < -0.4 is 0 Å². The summed E-state index contributed by atoms with van der Waals surface area (Å²) in [4.78, 5) is 29.9. The van der Waals surface area contributed by atoms with Gasteiger partial charge in [-0.25, -0.2) is 4.39 Å². The van der Waals surface area contributed by atoms with Crippen LogP contribution in [0, 0.1) is 12.7 Å². The van der Waals surface area contributed by atoms with Gasteiger partial charge in [0.05, 0.1) is 12.1 Å². The molecular weight excluding hydrogens is 441 g/mol. The molecule has 0 spiro atoms. The van der Waals surface area contributed by atoms with Crippen LogP contribution in [0.5, 0.6) is 0 Å². The van der Waals surface area contributed by atoms with Gasteiger partial charge in [0.2, 0.25) is 5.91 Å². The second-order valence-electron chi connectivity index (χ2n) is 9.04. The van der Waals surface area contributed by atoms with Gasteiger partial charge in [-0.1, -0.05) is 50.2 Å². The Morgan fingerprint density at radius 2 is 1.71 bits per heavy atom. The lowest BCUT2D eigenvalue weighted by Crippen LogP contribution is -2.46. The molecule has 2 amide bonds. The van der Waals surface area contributed by atoms with Crippen molar-refractivity contribution >= 4 is 11.8 Å². The molecule has 0 saturated heterocycles. The number of hydrogen-bond donors (Lipinski definition) is 0. The van der Waals surface area contributed by atoms with Gasteiger partial charge in [-0.15, -0.1) is 0 Å². The third kappa shape index (κ3) is 6.59. The van der Waals surface area contributed by atoms with Crippen molar-refractivity contribution in [3.05, 3.63) is 95.1 Å². The summed E-state index contributed by atoms with van der Waals surface area (Å²) in [6.45, 7) is 9.59. The Labute approximate surface area is 208 Å². The summed E-state index contributed by atoms with van der Waals surface area (Å²) in [6, 6.07) is 18.2. The number of hydrogen-bond acceptors (Lipinski definition) is 2. The SMILES string of the molecule is CCCN(CC(=O)N(Cc1cccn1Cc1ccccc1C)C(C)CC)C(=O)c1ccccc1F. The largest absolute Gasteiger partial charge is 0.345 e. The Morgan fingerprint density at radius 1 is 1.00 bits per heavy atom. The maximum atomic E-state index is 14.3. The first-order valence-electron chi connectivity index (χ1n) is 12.4. The van der Waals surface area contributed by atoms with Crippen LogP contribution in [-0.2, 0) is 17.9 Å². The Balaban J connectivity index is 1.80. The van der Waals surface area contributed by atoms with Crippen molar-refractivity contribution in [3.8, 4) is 0 Å². The molecule has 0 radical (unpaired) electrons. The van der Waals surface area contributed by atoms with E-state index in [-0.39, 0.29) is 24.1 Å². The van der Waals surface area contributed by atoms with Crippen LogP contribution in [-0.4, -0.2) is 45.3 Å². The molecule has 2 aromatic carbocycles. The lowest BCUT2D eigenvalue weighted by molar-refractivity contribution is -0.134. The van der Waals surface area contributed by atoms with Gasteiger partial charge in [0.25, 0.3) is 5.91 Å². The summed E-state index contributed by atoms with van der Waals surface area (Å²) in [5, 5.41) is 0. The minimum atomic E-state index is -0.570.